The van der Waals surface area contributed by atoms with Crippen LogP contribution in [0.2, 0.25) is 0 Å². The van der Waals surface area contributed by atoms with E-state index in [9.17, 15) is 8.42 Å². The molecular formula is C16H14BrN3O2S. The van der Waals surface area contributed by atoms with E-state index in [2.05, 4.69) is 25.8 Å². The standard InChI is InChI=1S/C16H14BrN3O2S/c1-12-3-8-16(15(17)11-12)23(21,22)19-13-4-6-14(7-5-13)20-10-2-9-18-20/h2-11,19H,1H3. The number of nitrogens with zero attached hydrogens (tertiary/aromatic N) is 2. The van der Waals surface area contributed by atoms with Gasteiger partial charge >= 0.3 is 0 Å². The van der Waals surface area contributed by atoms with Crippen molar-refractivity contribution in [1.82, 2.24) is 9.78 Å². The lowest BCUT2D eigenvalue weighted by molar-refractivity contribution is 0.600. The number of anilines is 1. The van der Waals surface area contributed by atoms with Gasteiger partial charge in [0.2, 0.25) is 0 Å². The summed E-state index contributed by atoms with van der Waals surface area (Å²) < 4.78 is 29.8. The van der Waals surface area contributed by atoms with E-state index < -0.39 is 10.0 Å². The van der Waals surface area contributed by atoms with Crippen molar-refractivity contribution >= 4 is 31.6 Å². The van der Waals surface area contributed by atoms with Gasteiger partial charge in [0.15, 0.2) is 0 Å². The molecule has 1 heterocycles. The van der Waals surface area contributed by atoms with E-state index in [4.69, 9.17) is 0 Å². The first-order chi connectivity index (χ1) is 11.0. The molecule has 0 spiro atoms. The van der Waals surface area contributed by atoms with Gasteiger partial charge in [0, 0.05) is 22.6 Å². The first-order valence-electron chi connectivity index (χ1n) is 6.85. The van der Waals surface area contributed by atoms with E-state index >= 15 is 0 Å². The van der Waals surface area contributed by atoms with Crippen molar-refractivity contribution in [3.8, 4) is 5.69 Å². The molecule has 0 aliphatic heterocycles. The molecule has 0 radical (unpaired) electrons. The number of sulfonamides is 1. The lowest BCUT2D eigenvalue weighted by atomic mass is 10.2. The second-order valence-corrected chi connectivity index (χ2v) is 7.54. The fourth-order valence-electron chi connectivity index (χ4n) is 2.14. The van der Waals surface area contributed by atoms with Crippen LogP contribution in [-0.4, -0.2) is 18.2 Å². The minimum atomic E-state index is -3.65. The minimum absolute atomic E-state index is 0.208. The van der Waals surface area contributed by atoms with Crippen LogP contribution in [0.5, 0.6) is 0 Å². The Balaban J connectivity index is 1.86. The molecule has 5 nitrogen and oxygen atoms in total. The van der Waals surface area contributed by atoms with Crippen LogP contribution in [0.4, 0.5) is 5.69 Å². The first-order valence-corrected chi connectivity index (χ1v) is 9.12. The maximum absolute atomic E-state index is 12.5. The molecule has 0 fully saturated rings. The third-order valence-corrected chi connectivity index (χ3v) is 5.62. The third-order valence-electron chi connectivity index (χ3n) is 3.27. The van der Waals surface area contributed by atoms with Gasteiger partial charge in [-0.25, -0.2) is 13.1 Å². The highest BCUT2D eigenvalue weighted by Gasteiger charge is 2.17. The van der Waals surface area contributed by atoms with Crippen LogP contribution in [0.15, 0.2) is 70.3 Å². The maximum Gasteiger partial charge on any atom is 0.263 e. The van der Waals surface area contributed by atoms with Crippen molar-refractivity contribution in [1.29, 1.82) is 0 Å². The Morgan fingerprint density at radius 2 is 1.87 bits per heavy atom. The molecule has 0 bridgehead atoms. The van der Waals surface area contributed by atoms with E-state index in [0.29, 0.717) is 10.2 Å². The summed E-state index contributed by atoms with van der Waals surface area (Å²) in [5, 5.41) is 4.13. The van der Waals surface area contributed by atoms with Gasteiger partial charge in [-0.3, -0.25) is 4.72 Å². The molecule has 2 aromatic carbocycles. The summed E-state index contributed by atoms with van der Waals surface area (Å²) in [4.78, 5) is 0.208. The number of aromatic nitrogens is 2. The highest BCUT2D eigenvalue weighted by Crippen LogP contribution is 2.25. The van der Waals surface area contributed by atoms with Gasteiger partial charge in [0.05, 0.1) is 5.69 Å². The van der Waals surface area contributed by atoms with Crippen LogP contribution in [0.25, 0.3) is 5.69 Å². The molecule has 0 aliphatic carbocycles. The summed E-state index contributed by atoms with van der Waals surface area (Å²) in [5.74, 6) is 0. The summed E-state index contributed by atoms with van der Waals surface area (Å²) in [5.41, 5.74) is 2.34. The summed E-state index contributed by atoms with van der Waals surface area (Å²) in [6.07, 6.45) is 3.51. The predicted molar refractivity (Wildman–Crippen MR) is 93.3 cm³/mol. The smallest absolute Gasteiger partial charge is 0.263 e. The van der Waals surface area contributed by atoms with E-state index in [1.54, 1.807) is 53.3 Å². The lowest BCUT2D eigenvalue weighted by Crippen LogP contribution is -2.13. The normalized spacial score (nSPS) is 11.4. The van der Waals surface area contributed by atoms with Crippen molar-refractivity contribution in [2.75, 3.05) is 4.72 Å². The molecule has 0 saturated heterocycles. The van der Waals surface area contributed by atoms with Crippen molar-refractivity contribution in [3.63, 3.8) is 0 Å². The zero-order chi connectivity index (χ0) is 16.4. The van der Waals surface area contributed by atoms with Crippen LogP contribution in [0, 0.1) is 6.92 Å². The highest BCUT2D eigenvalue weighted by atomic mass is 79.9. The zero-order valence-corrected chi connectivity index (χ0v) is 14.7. The molecule has 0 unspecified atom stereocenters. The van der Waals surface area contributed by atoms with E-state index in [-0.39, 0.29) is 4.90 Å². The molecule has 3 rings (SSSR count). The molecule has 0 saturated carbocycles. The Bertz CT molecular complexity index is 920. The molecule has 23 heavy (non-hydrogen) atoms. The van der Waals surface area contributed by atoms with Gasteiger partial charge in [-0.15, -0.1) is 0 Å². The third kappa shape index (κ3) is 3.46. The van der Waals surface area contributed by atoms with Crippen molar-refractivity contribution < 1.29 is 8.42 Å². The van der Waals surface area contributed by atoms with E-state index in [1.807, 2.05) is 19.2 Å². The van der Waals surface area contributed by atoms with Gasteiger partial charge in [-0.2, -0.15) is 5.10 Å². The quantitative estimate of drug-likeness (QED) is 0.736. The van der Waals surface area contributed by atoms with Gasteiger partial charge in [0.25, 0.3) is 10.0 Å². The minimum Gasteiger partial charge on any atom is -0.280 e. The highest BCUT2D eigenvalue weighted by molar-refractivity contribution is 9.10. The van der Waals surface area contributed by atoms with Crippen molar-refractivity contribution in [2.45, 2.75) is 11.8 Å². The monoisotopic (exact) mass is 391 g/mol. The summed E-state index contributed by atoms with van der Waals surface area (Å²) in [7, 11) is -3.65. The number of halogens is 1. The number of hydrogen-bond acceptors (Lipinski definition) is 3. The second kappa shape index (κ2) is 6.17. The van der Waals surface area contributed by atoms with Crippen LogP contribution in [0.1, 0.15) is 5.56 Å². The number of nitrogens with one attached hydrogen (secondary N) is 1. The van der Waals surface area contributed by atoms with Crippen molar-refractivity contribution in [3.05, 3.63) is 71.0 Å². The largest absolute Gasteiger partial charge is 0.280 e. The van der Waals surface area contributed by atoms with Crippen LogP contribution in [-0.2, 0) is 10.0 Å². The second-order valence-electron chi connectivity index (χ2n) is 5.04. The molecule has 118 valence electrons. The van der Waals surface area contributed by atoms with E-state index in [0.717, 1.165) is 11.3 Å². The molecule has 1 N–H and O–H groups in total. The molecule has 0 aliphatic rings. The molecule has 0 amide bonds. The van der Waals surface area contributed by atoms with Crippen LogP contribution < -0.4 is 4.72 Å². The molecule has 0 atom stereocenters. The Kier molecular flexibility index (Phi) is 4.23. The topological polar surface area (TPSA) is 64.0 Å². The summed E-state index contributed by atoms with van der Waals surface area (Å²) in [6.45, 7) is 1.91. The first kappa shape index (κ1) is 15.8. The molecule has 3 aromatic rings. The van der Waals surface area contributed by atoms with Gasteiger partial charge < -0.3 is 0 Å². The van der Waals surface area contributed by atoms with Gasteiger partial charge in [-0.1, -0.05) is 6.07 Å². The fourth-order valence-corrected chi connectivity index (χ4v) is 4.39. The predicted octanol–water partition coefficient (Wildman–Crippen LogP) is 3.74. The molecule has 1 aromatic heterocycles. The fraction of sp³-hybridized carbons (Fsp3) is 0.0625. The van der Waals surface area contributed by atoms with Gasteiger partial charge in [-0.05, 0) is 70.9 Å². The summed E-state index contributed by atoms with van der Waals surface area (Å²) in [6, 6.07) is 14.0. The zero-order valence-electron chi connectivity index (χ0n) is 12.3. The van der Waals surface area contributed by atoms with E-state index in [1.165, 1.54) is 0 Å². The average molecular weight is 392 g/mol. The van der Waals surface area contributed by atoms with Gasteiger partial charge in [0.1, 0.15) is 4.90 Å². The molecule has 7 heteroatoms. The summed E-state index contributed by atoms with van der Waals surface area (Å²) >= 11 is 3.30. The number of benzene rings is 2. The Labute approximate surface area is 143 Å². The van der Waals surface area contributed by atoms with Crippen LogP contribution >= 0.6 is 15.9 Å². The Morgan fingerprint density at radius 1 is 1.13 bits per heavy atom. The van der Waals surface area contributed by atoms with Crippen LogP contribution in [0.3, 0.4) is 0 Å². The van der Waals surface area contributed by atoms with Crippen molar-refractivity contribution in [2.24, 2.45) is 0 Å². The average Bonchev–Trinajstić information content (AvgIpc) is 3.01. The lowest BCUT2D eigenvalue weighted by Gasteiger charge is -2.11. The SMILES string of the molecule is Cc1ccc(S(=O)(=O)Nc2ccc(-n3cccn3)cc2)c(Br)c1. The Hall–Kier alpha value is -2.12. The maximum atomic E-state index is 12.5. The Morgan fingerprint density at radius 3 is 2.48 bits per heavy atom. The number of aryl methyl sites for hydroxylation is 1. The number of rotatable bonds is 4. The number of hydrogen-bond donors (Lipinski definition) is 1. The molecular weight excluding hydrogens is 378 g/mol.